The van der Waals surface area contributed by atoms with E-state index in [1.54, 1.807) is 19.2 Å². The second-order valence-corrected chi connectivity index (χ2v) is 4.09. The molecule has 0 bridgehead atoms. The van der Waals surface area contributed by atoms with Crippen LogP contribution in [0.4, 0.5) is 13.2 Å². The average molecular weight is 282 g/mol. The van der Waals surface area contributed by atoms with Crippen LogP contribution < -0.4 is 10.1 Å². The van der Waals surface area contributed by atoms with Crippen molar-refractivity contribution in [3.05, 3.63) is 53.7 Å². The van der Waals surface area contributed by atoms with E-state index in [9.17, 15) is 13.2 Å². The zero-order chi connectivity index (χ0) is 14.6. The van der Waals surface area contributed by atoms with E-state index < -0.39 is 11.7 Å². The molecule has 0 aliphatic rings. The lowest BCUT2D eigenvalue weighted by Crippen LogP contribution is -2.08. The molecule has 0 saturated carbocycles. The number of hydrogen-bond donors (Lipinski definition) is 1. The number of benzene rings is 1. The highest BCUT2D eigenvalue weighted by molar-refractivity contribution is 5.38. The van der Waals surface area contributed by atoms with Crippen molar-refractivity contribution in [2.45, 2.75) is 12.7 Å². The van der Waals surface area contributed by atoms with Crippen LogP contribution in [0.3, 0.4) is 0 Å². The third kappa shape index (κ3) is 3.48. The molecule has 1 aromatic heterocycles. The highest BCUT2D eigenvalue weighted by Gasteiger charge is 2.34. The molecule has 3 nitrogen and oxygen atoms in total. The summed E-state index contributed by atoms with van der Waals surface area (Å²) in [5, 5.41) is 2.91. The molecular weight excluding hydrogens is 269 g/mol. The second-order valence-electron chi connectivity index (χ2n) is 4.09. The van der Waals surface area contributed by atoms with Crippen LogP contribution in [0.5, 0.6) is 11.6 Å². The zero-order valence-corrected chi connectivity index (χ0v) is 10.7. The summed E-state index contributed by atoms with van der Waals surface area (Å²) < 4.78 is 43.8. The third-order valence-corrected chi connectivity index (χ3v) is 2.55. The maximum atomic E-state index is 12.8. The van der Waals surface area contributed by atoms with Gasteiger partial charge in [0.25, 0.3) is 0 Å². The number of pyridine rings is 1. The number of hydrogen-bond acceptors (Lipinski definition) is 3. The quantitative estimate of drug-likeness (QED) is 0.930. The van der Waals surface area contributed by atoms with E-state index in [4.69, 9.17) is 4.74 Å². The number of halogens is 3. The summed E-state index contributed by atoms with van der Waals surface area (Å²) in [7, 11) is 1.76. The monoisotopic (exact) mass is 282 g/mol. The summed E-state index contributed by atoms with van der Waals surface area (Å²) in [4.78, 5) is 4.13. The molecule has 1 aromatic carbocycles. The van der Waals surface area contributed by atoms with Crippen molar-refractivity contribution < 1.29 is 17.9 Å². The Bertz CT molecular complexity index is 585. The van der Waals surface area contributed by atoms with E-state index in [2.05, 4.69) is 10.3 Å². The lowest BCUT2D eigenvalue weighted by atomic mass is 10.2. The molecule has 0 saturated heterocycles. The lowest BCUT2D eigenvalue weighted by molar-refractivity contribution is -0.138. The molecule has 0 atom stereocenters. The second kappa shape index (κ2) is 5.92. The third-order valence-electron chi connectivity index (χ3n) is 2.55. The Labute approximate surface area is 114 Å². The molecule has 0 unspecified atom stereocenters. The van der Waals surface area contributed by atoms with Crippen molar-refractivity contribution in [3.8, 4) is 11.6 Å². The Hall–Kier alpha value is -2.08. The Morgan fingerprint density at radius 2 is 1.85 bits per heavy atom. The summed E-state index contributed by atoms with van der Waals surface area (Å²) in [5.41, 5.74) is -0.129. The van der Waals surface area contributed by atoms with Crippen LogP contribution in [0.15, 0.2) is 42.5 Å². The van der Waals surface area contributed by atoms with E-state index in [0.717, 1.165) is 6.07 Å². The Morgan fingerprint density at radius 1 is 1.10 bits per heavy atom. The molecule has 106 valence electrons. The Morgan fingerprint density at radius 3 is 2.55 bits per heavy atom. The van der Waals surface area contributed by atoms with Gasteiger partial charge in [0.2, 0.25) is 5.88 Å². The average Bonchev–Trinajstić information content (AvgIpc) is 2.39. The van der Waals surface area contributed by atoms with E-state index >= 15 is 0 Å². The normalized spacial score (nSPS) is 11.4. The predicted molar refractivity (Wildman–Crippen MR) is 68.5 cm³/mol. The minimum atomic E-state index is -4.46. The SMILES string of the molecule is CNCc1cccc(Oc2ccccc2C(F)(F)F)n1. The van der Waals surface area contributed by atoms with E-state index in [1.165, 1.54) is 24.3 Å². The molecule has 1 heterocycles. The van der Waals surface area contributed by atoms with Gasteiger partial charge >= 0.3 is 6.18 Å². The molecule has 2 rings (SSSR count). The number of nitrogens with zero attached hydrogens (tertiary/aromatic N) is 1. The number of para-hydroxylation sites is 1. The van der Waals surface area contributed by atoms with Crippen LogP contribution in [0.2, 0.25) is 0 Å². The van der Waals surface area contributed by atoms with Crippen LogP contribution in [-0.4, -0.2) is 12.0 Å². The van der Waals surface area contributed by atoms with Crippen molar-refractivity contribution in [3.63, 3.8) is 0 Å². The summed E-state index contributed by atoms with van der Waals surface area (Å²) in [6, 6.07) is 10.0. The van der Waals surface area contributed by atoms with Crippen molar-refractivity contribution in [2.75, 3.05) is 7.05 Å². The highest BCUT2D eigenvalue weighted by Crippen LogP contribution is 2.37. The Balaban J connectivity index is 2.28. The Kier molecular flexibility index (Phi) is 4.24. The van der Waals surface area contributed by atoms with Gasteiger partial charge in [-0.2, -0.15) is 13.2 Å². The molecule has 0 spiro atoms. The molecule has 1 N–H and O–H groups in total. The molecule has 0 radical (unpaired) electrons. The van der Waals surface area contributed by atoms with Gasteiger partial charge in [-0.15, -0.1) is 0 Å². The van der Waals surface area contributed by atoms with Crippen molar-refractivity contribution in [1.29, 1.82) is 0 Å². The molecule has 0 fully saturated rings. The number of rotatable bonds is 4. The van der Waals surface area contributed by atoms with Gasteiger partial charge in [-0.05, 0) is 25.2 Å². The van der Waals surface area contributed by atoms with Crippen molar-refractivity contribution in [2.24, 2.45) is 0 Å². The van der Waals surface area contributed by atoms with Gasteiger partial charge in [0.15, 0.2) is 0 Å². The first-order valence-electron chi connectivity index (χ1n) is 5.95. The topological polar surface area (TPSA) is 34.1 Å². The van der Waals surface area contributed by atoms with Crippen LogP contribution in [0.25, 0.3) is 0 Å². The van der Waals surface area contributed by atoms with Crippen molar-refractivity contribution in [1.82, 2.24) is 10.3 Å². The van der Waals surface area contributed by atoms with E-state index in [-0.39, 0.29) is 11.6 Å². The summed E-state index contributed by atoms with van der Waals surface area (Å²) in [5.74, 6) is -0.122. The highest BCUT2D eigenvalue weighted by atomic mass is 19.4. The molecule has 0 amide bonds. The van der Waals surface area contributed by atoms with Crippen LogP contribution >= 0.6 is 0 Å². The van der Waals surface area contributed by atoms with Gasteiger partial charge in [-0.3, -0.25) is 0 Å². The van der Waals surface area contributed by atoms with E-state index in [0.29, 0.717) is 12.2 Å². The smallest absolute Gasteiger partial charge is 0.419 e. The first-order valence-corrected chi connectivity index (χ1v) is 5.95. The van der Waals surface area contributed by atoms with Gasteiger partial charge in [-0.1, -0.05) is 18.2 Å². The fourth-order valence-electron chi connectivity index (χ4n) is 1.70. The van der Waals surface area contributed by atoms with Gasteiger partial charge in [-0.25, -0.2) is 4.98 Å². The number of aromatic nitrogens is 1. The van der Waals surface area contributed by atoms with Crippen molar-refractivity contribution >= 4 is 0 Å². The lowest BCUT2D eigenvalue weighted by Gasteiger charge is -2.13. The molecule has 0 aliphatic heterocycles. The van der Waals surface area contributed by atoms with Gasteiger partial charge in [0.1, 0.15) is 5.75 Å². The first kappa shape index (κ1) is 14.3. The minimum Gasteiger partial charge on any atom is -0.438 e. The number of nitrogens with one attached hydrogen (secondary N) is 1. The molecule has 6 heteroatoms. The largest absolute Gasteiger partial charge is 0.438 e. The molecular formula is C14H13F3N2O. The van der Waals surface area contributed by atoms with Gasteiger partial charge in [0, 0.05) is 12.6 Å². The fraction of sp³-hybridized carbons (Fsp3) is 0.214. The fourth-order valence-corrected chi connectivity index (χ4v) is 1.70. The summed E-state index contributed by atoms with van der Waals surface area (Å²) in [6.45, 7) is 0.512. The van der Waals surface area contributed by atoms with Crippen LogP contribution in [0, 0.1) is 0 Å². The number of alkyl halides is 3. The number of ether oxygens (including phenoxy) is 1. The predicted octanol–water partition coefficient (Wildman–Crippen LogP) is 3.61. The summed E-state index contributed by atoms with van der Waals surface area (Å²) >= 11 is 0. The van der Waals surface area contributed by atoms with Crippen LogP contribution in [0.1, 0.15) is 11.3 Å². The summed E-state index contributed by atoms with van der Waals surface area (Å²) in [6.07, 6.45) is -4.46. The zero-order valence-electron chi connectivity index (χ0n) is 10.7. The minimum absolute atomic E-state index is 0.134. The molecule has 0 aliphatic carbocycles. The molecule has 2 aromatic rings. The first-order chi connectivity index (χ1) is 9.50. The van der Waals surface area contributed by atoms with Gasteiger partial charge < -0.3 is 10.1 Å². The standard InChI is InChI=1S/C14H13F3N2O/c1-18-9-10-5-4-8-13(19-10)20-12-7-3-2-6-11(12)14(15,16)17/h2-8,18H,9H2,1H3. The maximum Gasteiger partial charge on any atom is 0.419 e. The van der Waals surface area contributed by atoms with Crippen LogP contribution in [-0.2, 0) is 12.7 Å². The maximum absolute atomic E-state index is 12.8. The van der Waals surface area contributed by atoms with Gasteiger partial charge in [0.05, 0.1) is 11.3 Å². The molecule has 20 heavy (non-hydrogen) atoms. The van der Waals surface area contributed by atoms with E-state index in [1.807, 2.05) is 0 Å².